The quantitative estimate of drug-likeness (QED) is 0.415. The zero-order chi connectivity index (χ0) is 26.9. The van der Waals surface area contributed by atoms with Crippen LogP contribution in [0.4, 0.5) is 26.2 Å². The van der Waals surface area contributed by atoms with Gasteiger partial charge in [0.25, 0.3) is 0 Å². The van der Waals surface area contributed by atoms with E-state index in [-0.39, 0.29) is 23.2 Å². The first-order valence-corrected chi connectivity index (χ1v) is 14.7. The van der Waals surface area contributed by atoms with Gasteiger partial charge >= 0.3 is 0 Å². The van der Waals surface area contributed by atoms with Crippen molar-refractivity contribution >= 4 is 38.3 Å². The minimum Gasteiger partial charge on any atom is -0.351 e. The topological polar surface area (TPSA) is 116 Å². The molecule has 2 aromatic heterocycles. The van der Waals surface area contributed by atoms with Gasteiger partial charge in [-0.15, -0.1) is 0 Å². The lowest BCUT2D eigenvalue weighted by Crippen LogP contribution is -2.55. The number of halogens is 2. The van der Waals surface area contributed by atoms with E-state index in [0.717, 1.165) is 51.2 Å². The second kappa shape index (κ2) is 11.0. The molecule has 0 atom stereocenters. The first-order valence-electron chi connectivity index (χ1n) is 12.8. The SMILES string of the molecule is CCCS(=O)(=O)Cc1ccc(F)c(Nc2ncnc3cnc(NC4CC(N5CCN(C)CC5)C4)nc23)c1F. The third-order valence-electron chi connectivity index (χ3n) is 7.18. The standard InChI is InChI=1S/C25H32F2N8O2S/c1-3-10-38(36,37)14-16-4-5-19(26)22(21(16)27)32-24-23-20(29-15-30-24)13-28-25(33-23)31-17-11-18(12-17)35-8-6-34(2)7-9-35/h4-5,13,15,17-18H,3,6-12,14H2,1-2H3,(H,28,31,33)(H,29,30,32). The summed E-state index contributed by atoms with van der Waals surface area (Å²) in [6.45, 7) is 6.04. The second-order valence-corrected chi connectivity index (χ2v) is 12.3. The molecule has 2 fully saturated rings. The first kappa shape index (κ1) is 26.6. The van der Waals surface area contributed by atoms with Crippen LogP contribution in [0.15, 0.2) is 24.7 Å². The number of anilines is 3. The predicted molar refractivity (Wildman–Crippen MR) is 142 cm³/mol. The molecule has 38 heavy (non-hydrogen) atoms. The van der Waals surface area contributed by atoms with Crippen molar-refractivity contribution < 1.29 is 17.2 Å². The van der Waals surface area contributed by atoms with E-state index < -0.39 is 32.9 Å². The van der Waals surface area contributed by atoms with E-state index in [1.54, 1.807) is 6.92 Å². The van der Waals surface area contributed by atoms with Crippen molar-refractivity contribution in [2.75, 3.05) is 49.6 Å². The normalized spacial score (nSPS) is 20.8. The van der Waals surface area contributed by atoms with Gasteiger partial charge in [-0.1, -0.05) is 13.0 Å². The Bertz CT molecular complexity index is 1410. The maximum Gasteiger partial charge on any atom is 0.223 e. The highest BCUT2D eigenvalue weighted by molar-refractivity contribution is 7.90. The Labute approximate surface area is 220 Å². The van der Waals surface area contributed by atoms with Gasteiger partial charge in [0.1, 0.15) is 28.9 Å². The second-order valence-electron chi connectivity index (χ2n) is 10.1. The van der Waals surface area contributed by atoms with Gasteiger partial charge in [-0.05, 0) is 32.4 Å². The Morgan fingerprint density at radius 3 is 2.58 bits per heavy atom. The van der Waals surface area contributed by atoms with Crippen molar-refractivity contribution in [2.45, 2.75) is 44.0 Å². The lowest BCUT2D eigenvalue weighted by Gasteiger charge is -2.46. The lowest BCUT2D eigenvalue weighted by molar-refractivity contribution is 0.0656. The third-order valence-corrected chi connectivity index (χ3v) is 8.96. The van der Waals surface area contributed by atoms with Crippen LogP contribution in [0.2, 0.25) is 0 Å². The van der Waals surface area contributed by atoms with Gasteiger partial charge in [-0.25, -0.2) is 37.1 Å². The van der Waals surface area contributed by atoms with Crippen molar-refractivity contribution in [2.24, 2.45) is 0 Å². The van der Waals surface area contributed by atoms with Gasteiger partial charge in [0.2, 0.25) is 5.95 Å². The summed E-state index contributed by atoms with van der Waals surface area (Å²) in [4.78, 5) is 22.1. The number of nitrogens with one attached hydrogen (secondary N) is 2. The van der Waals surface area contributed by atoms with E-state index in [2.05, 4.69) is 47.4 Å². The molecule has 3 heterocycles. The Morgan fingerprint density at radius 2 is 1.84 bits per heavy atom. The van der Waals surface area contributed by atoms with Gasteiger partial charge in [0.15, 0.2) is 21.5 Å². The number of nitrogens with zero attached hydrogens (tertiary/aromatic N) is 6. The highest BCUT2D eigenvalue weighted by atomic mass is 32.2. The molecule has 2 aliphatic rings. The van der Waals surface area contributed by atoms with Crippen LogP contribution < -0.4 is 10.6 Å². The maximum atomic E-state index is 15.2. The number of fused-ring (bicyclic) bond motifs is 1. The molecule has 3 aromatic rings. The zero-order valence-electron chi connectivity index (χ0n) is 21.5. The minimum absolute atomic E-state index is 0.0764. The third kappa shape index (κ3) is 5.84. The fourth-order valence-corrected chi connectivity index (χ4v) is 6.41. The van der Waals surface area contributed by atoms with Crippen LogP contribution >= 0.6 is 0 Å². The molecular formula is C25H32F2N8O2S. The van der Waals surface area contributed by atoms with Gasteiger partial charge in [0, 0.05) is 43.8 Å². The zero-order valence-corrected chi connectivity index (χ0v) is 22.3. The van der Waals surface area contributed by atoms with Crippen molar-refractivity contribution in [1.29, 1.82) is 0 Å². The molecule has 0 spiro atoms. The van der Waals surface area contributed by atoms with E-state index >= 15 is 4.39 Å². The van der Waals surface area contributed by atoms with Crippen molar-refractivity contribution in [1.82, 2.24) is 29.7 Å². The fourth-order valence-electron chi connectivity index (χ4n) is 4.95. The number of benzene rings is 1. The van der Waals surface area contributed by atoms with Gasteiger partial charge < -0.3 is 15.5 Å². The summed E-state index contributed by atoms with van der Waals surface area (Å²) in [5, 5.41) is 6.03. The Hall–Kier alpha value is -3.03. The molecule has 13 heteroatoms. The number of aromatic nitrogens is 4. The summed E-state index contributed by atoms with van der Waals surface area (Å²) in [7, 11) is -1.38. The summed E-state index contributed by atoms with van der Waals surface area (Å²) in [6, 6.07) is 2.97. The molecule has 0 radical (unpaired) electrons. The molecule has 1 aliphatic carbocycles. The van der Waals surface area contributed by atoms with E-state index in [0.29, 0.717) is 29.4 Å². The molecule has 0 unspecified atom stereocenters. The Kier molecular flexibility index (Phi) is 7.68. The van der Waals surface area contributed by atoms with Crippen LogP contribution in [-0.4, -0.2) is 89.2 Å². The van der Waals surface area contributed by atoms with Gasteiger partial charge in [-0.2, -0.15) is 0 Å². The predicted octanol–water partition coefficient (Wildman–Crippen LogP) is 2.96. The number of hydrogen-bond acceptors (Lipinski definition) is 10. The van der Waals surface area contributed by atoms with E-state index in [4.69, 9.17) is 0 Å². The van der Waals surface area contributed by atoms with Crippen LogP contribution in [0.5, 0.6) is 0 Å². The summed E-state index contributed by atoms with van der Waals surface area (Å²) in [5.41, 5.74) is 0.0936. The first-order chi connectivity index (χ1) is 18.2. The van der Waals surface area contributed by atoms with Crippen molar-refractivity contribution in [3.05, 3.63) is 41.9 Å². The number of hydrogen-bond donors (Lipinski definition) is 2. The fraction of sp³-hybridized carbons (Fsp3) is 0.520. The summed E-state index contributed by atoms with van der Waals surface area (Å²) in [6.07, 6.45) is 5.18. The monoisotopic (exact) mass is 546 g/mol. The maximum absolute atomic E-state index is 15.2. The molecule has 0 amide bonds. The smallest absolute Gasteiger partial charge is 0.223 e. The molecule has 2 N–H and O–H groups in total. The molecule has 1 aliphatic heterocycles. The molecule has 1 aromatic carbocycles. The Morgan fingerprint density at radius 1 is 1.08 bits per heavy atom. The summed E-state index contributed by atoms with van der Waals surface area (Å²) >= 11 is 0. The molecular weight excluding hydrogens is 514 g/mol. The van der Waals surface area contributed by atoms with Crippen LogP contribution in [0.3, 0.4) is 0 Å². The van der Waals surface area contributed by atoms with Crippen LogP contribution in [0.1, 0.15) is 31.7 Å². The number of rotatable bonds is 9. The summed E-state index contributed by atoms with van der Waals surface area (Å²) < 4.78 is 54.4. The van der Waals surface area contributed by atoms with Crippen LogP contribution in [-0.2, 0) is 15.6 Å². The molecule has 1 saturated heterocycles. The van der Waals surface area contributed by atoms with Gasteiger partial charge in [-0.3, -0.25) is 4.90 Å². The van der Waals surface area contributed by atoms with Crippen molar-refractivity contribution in [3.8, 4) is 0 Å². The van der Waals surface area contributed by atoms with Crippen LogP contribution in [0.25, 0.3) is 11.0 Å². The Balaban J connectivity index is 1.32. The van der Waals surface area contributed by atoms with E-state index in [9.17, 15) is 12.8 Å². The molecule has 204 valence electrons. The molecule has 0 bridgehead atoms. The average molecular weight is 547 g/mol. The lowest BCUT2D eigenvalue weighted by atomic mass is 9.85. The number of piperazine rings is 1. The molecule has 10 nitrogen and oxygen atoms in total. The average Bonchev–Trinajstić information content (AvgIpc) is 2.86. The van der Waals surface area contributed by atoms with Crippen LogP contribution in [0, 0.1) is 11.6 Å². The highest BCUT2D eigenvalue weighted by Crippen LogP contribution is 2.31. The van der Waals surface area contributed by atoms with E-state index in [1.165, 1.54) is 12.5 Å². The summed E-state index contributed by atoms with van der Waals surface area (Å²) in [5.74, 6) is -1.96. The molecule has 5 rings (SSSR count). The largest absolute Gasteiger partial charge is 0.351 e. The minimum atomic E-state index is -3.52. The highest BCUT2D eigenvalue weighted by Gasteiger charge is 2.35. The molecule has 1 saturated carbocycles. The number of sulfone groups is 1. The van der Waals surface area contributed by atoms with E-state index in [1.807, 2.05) is 0 Å². The van der Waals surface area contributed by atoms with Crippen molar-refractivity contribution in [3.63, 3.8) is 0 Å². The van der Waals surface area contributed by atoms with Gasteiger partial charge in [0.05, 0.1) is 17.7 Å². The number of likely N-dealkylation sites (N-methyl/N-ethyl adjacent to an activating group) is 1.